The van der Waals surface area contributed by atoms with Gasteiger partial charge in [0.05, 0.1) is 15.4 Å². The summed E-state index contributed by atoms with van der Waals surface area (Å²) in [7, 11) is 14.1. The molecule has 0 saturated carbocycles. The van der Waals surface area contributed by atoms with Crippen LogP contribution in [0.5, 0.6) is 0 Å². The van der Waals surface area contributed by atoms with Crippen LogP contribution in [-0.4, -0.2) is 77.0 Å². The highest BCUT2D eigenvalue weighted by molar-refractivity contribution is 8.78. The molecule has 2 rings (SSSR count). The van der Waals surface area contributed by atoms with Crippen molar-refractivity contribution >= 4 is 104 Å². The Morgan fingerprint density at radius 1 is 0.760 bits per heavy atom. The molecular weight excluding hydrogens is 783 g/mol. The smallest absolute Gasteiger partial charge is 0.327 e. The van der Waals surface area contributed by atoms with Gasteiger partial charge in [0.25, 0.3) is 0 Å². The summed E-state index contributed by atoms with van der Waals surface area (Å²) in [5.74, 6) is 2.65. The number of ketones is 1. The molecule has 292 valence electrons. The normalized spacial score (nSPS) is 25.9. The van der Waals surface area contributed by atoms with Crippen molar-refractivity contribution in [2.45, 2.75) is 152 Å². The molecule has 2 saturated heterocycles. The van der Waals surface area contributed by atoms with Gasteiger partial charge in [0.1, 0.15) is 11.8 Å². The molecule has 50 heavy (non-hydrogen) atoms. The maximum Gasteiger partial charge on any atom is 0.327 e. The first kappa shape index (κ1) is 49.0. The Kier molecular flexibility index (Phi) is 26.2. The molecule has 2 aliphatic heterocycles. The summed E-state index contributed by atoms with van der Waals surface area (Å²) in [5, 5.41) is 23.2. The van der Waals surface area contributed by atoms with Gasteiger partial charge in [0.2, 0.25) is 0 Å². The highest BCUT2D eigenvalue weighted by Crippen LogP contribution is 2.45. The van der Waals surface area contributed by atoms with Gasteiger partial charge in [-0.2, -0.15) is 0 Å². The minimum absolute atomic E-state index is 0.0575. The third-order valence-corrected chi connectivity index (χ3v) is 21.1. The van der Waals surface area contributed by atoms with E-state index < -0.39 is 28.6 Å². The number of hydrogen-bond acceptors (Lipinski definition) is 12. The summed E-state index contributed by atoms with van der Waals surface area (Å²) >= 11 is 0. The number of carboxylic acid groups (broad SMARTS) is 2. The molecule has 0 aromatic heterocycles. The Morgan fingerprint density at radius 3 is 1.86 bits per heavy atom. The minimum atomic E-state index is -0.852. The van der Waals surface area contributed by atoms with Crippen LogP contribution in [0.25, 0.3) is 0 Å². The molecule has 0 aromatic rings. The van der Waals surface area contributed by atoms with Crippen molar-refractivity contribution in [3.8, 4) is 0 Å². The molecule has 6 nitrogen and oxygen atoms in total. The predicted octanol–water partition coefficient (Wildman–Crippen LogP) is 12.2. The third-order valence-electron chi connectivity index (χ3n) is 8.44. The number of Topliss-reactive ketones (excluding diaryl/α,β-unsaturated/α-hetero) is 1. The number of carboxylic acids is 2. The molecular formula is C36H65NO5S8. The van der Waals surface area contributed by atoms with Gasteiger partial charge in [-0.15, -0.1) is 0 Å². The number of aliphatic carboxylic acids is 2. The molecule has 0 radical (unpaired) electrons. The Labute approximate surface area is 336 Å². The van der Waals surface area contributed by atoms with Crippen LogP contribution in [0, 0.1) is 17.8 Å². The van der Waals surface area contributed by atoms with Crippen LogP contribution in [0.1, 0.15) is 126 Å². The number of rotatable bonds is 12. The molecule has 2 fully saturated rings. The second-order valence-electron chi connectivity index (χ2n) is 14.9. The van der Waals surface area contributed by atoms with E-state index in [1.165, 1.54) is 57.8 Å². The zero-order chi connectivity index (χ0) is 37.7. The van der Waals surface area contributed by atoms with Crippen LogP contribution >= 0.6 is 86.4 Å². The van der Waals surface area contributed by atoms with E-state index in [2.05, 4.69) is 53.4 Å². The second kappa shape index (κ2) is 26.7. The van der Waals surface area contributed by atoms with E-state index in [0.717, 1.165) is 35.5 Å². The second-order valence-corrected chi connectivity index (χ2v) is 26.4. The standard InChI is InChI=1S/C18H33NO2S4.C18H32O3S4/c1-13(2)8-6-7-9-15-10-11-22-25-18(4,5)14(3)19-16(17(20)21)12-23-24-15;1-13(2)7-5-6-8-15-9-10-22-23-12-14(17(20)21)11-16(19)18(3,4)25-24-15/h13,15-16,19H,3,6-12H2,1-2,4-5H3,(H,20,21);13-15H,5-12H2,1-4H3,(H,20,21). The van der Waals surface area contributed by atoms with E-state index in [4.69, 9.17) is 0 Å². The van der Waals surface area contributed by atoms with E-state index in [-0.39, 0.29) is 17.0 Å². The molecule has 4 atom stereocenters. The van der Waals surface area contributed by atoms with Gasteiger partial charge in [0, 0.05) is 45.6 Å². The summed E-state index contributed by atoms with van der Waals surface area (Å²) in [4.78, 5) is 35.5. The van der Waals surface area contributed by atoms with Crippen molar-refractivity contribution in [1.29, 1.82) is 0 Å². The molecule has 0 aliphatic carbocycles. The molecule has 2 aliphatic rings. The first-order valence-corrected chi connectivity index (χ1v) is 27.5. The van der Waals surface area contributed by atoms with Gasteiger partial charge in [-0.05, 0) is 65.2 Å². The van der Waals surface area contributed by atoms with E-state index in [0.29, 0.717) is 22.0 Å². The fourth-order valence-electron chi connectivity index (χ4n) is 4.80. The summed E-state index contributed by atoms with van der Waals surface area (Å²) in [6, 6.07) is -0.573. The number of hydrogen-bond donors (Lipinski definition) is 3. The van der Waals surface area contributed by atoms with E-state index >= 15 is 0 Å². The van der Waals surface area contributed by atoms with Gasteiger partial charge in [0.15, 0.2) is 0 Å². The maximum absolute atomic E-state index is 12.6. The van der Waals surface area contributed by atoms with Crippen LogP contribution in [-0.2, 0) is 14.4 Å². The van der Waals surface area contributed by atoms with Crippen LogP contribution in [0.3, 0.4) is 0 Å². The molecule has 2 heterocycles. The molecule has 4 unspecified atom stereocenters. The average molecular weight is 848 g/mol. The highest BCUT2D eigenvalue weighted by Gasteiger charge is 2.34. The fraction of sp³-hybridized carbons (Fsp3) is 0.861. The van der Waals surface area contributed by atoms with Gasteiger partial charge >= 0.3 is 11.9 Å². The SMILES string of the molecule is C=C1NC(C(=O)O)CSSC(CCCCC(C)C)CCSSC1(C)C.CC(C)CCCCC1CCSSCC(C(=O)O)CC(=O)C(C)(C)SS1. The van der Waals surface area contributed by atoms with E-state index in [1.54, 1.807) is 54.0 Å². The molecule has 0 bridgehead atoms. The minimum Gasteiger partial charge on any atom is -0.481 e. The van der Waals surface area contributed by atoms with Gasteiger partial charge in [-0.1, -0.05) is 159 Å². The van der Waals surface area contributed by atoms with Crippen molar-refractivity contribution in [2.24, 2.45) is 17.8 Å². The first-order valence-electron chi connectivity index (χ1n) is 18.1. The predicted molar refractivity (Wildman–Crippen MR) is 236 cm³/mol. The number of carbonyl (C=O) groups excluding carboxylic acids is 1. The van der Waals surface area contributed by atoms with E-state index in [1.807, 2.05) is 46.2 Å². The Morgan fingerprint density at radius 2 is 1.32 bits per heavy atom. The van der Waals surface area contributed by atoms with Gasteiger partial charge in [-0.3, -0.25) is 9.59 Å². The highest BCUT2D eigenvalue weighted by atomic mass is 33.1. The van der Waals surface area contributed by atoms with Crippen molar-refractivity contribution in [1.82, 2.24) is 5.32 Å². The third kappa shape index (κ3) is 22.4. The lowest BCUT2D eigenvalue weighted by molar-refractivity contribution is -0.143. The Hall–Kier alpha value is 0.950. The van der Waals surface area contributed by atoms with Crippen LogP contribution in [0.2, 0.25) is 0 Å². The van der Waals surface area contributed by atoms with Crippen molar-refractivity contribution in [2.75, 3.05) is 23.0 Å². The van der Waals surface area contributed by atoms with Crippen molar-refractivity contribution in [3.05, 3.63) is 12.3 Å². The molecule has 3 N–H and O–H groups in total. The van der Waals surface area contributed by atoms with Crippen LogP contribution in [0.15, 0.2) is 12.3 Å². The molecule has 0 spiro atoms. The zero-order valence-corrected chi connectivity index (χ0v) is 38.2. The van der Waals surface area contributed by atoms with Crippen LogP contribution < -0.4 is 5.32 Å². The van der Waals surface area contributed by atoms with Crippen molar-refractivity contribution < 1.29 is 24.6 Å². The lowest BCUT2D eigenvalue weighted by atomic mass is 9.97. The lowest BCUT2D eigenvalue weighted by Gasteiger charge is -2.30. The lowest BCUT2D eigenvalue weighted by Crippen LogP contribution is -2.42. The quantitative estimate of drug-likeness (QED) is 0.128. The molecule has 14 heteroatoms. The largest absolute Gasteiger partial charge is 0.481 e. The zero-order valence-electron chi connectivity index (χ0n) is 31.7. The number of nitrogens with one attached hydrogen (secondary N) is 1. The summed E-state index contributed by atoms with van der Waals surface area (Å²) in [6.45, 7) is 21.3. The fourth-order valence-corrected chi connectivity index (χ4v) is 16.1. The summed E-state index contributed by atoms with van der Waals surface area (Å²) in [5.41, 5.74) is 0.800. The Bertz CT molecular complexity index is 1010. The molecule has 0 aromatic carbocycles. The van der Waals surface area contributed by atoms with Gasteiger partial charge in [-0.25, -0.2) is 4.79 Å². The van der Waals surface area contributed by atoms with Crippen molar-refractivity contribution in [3.63, 3.8) is 0 Å². The molecule has 0 amide bonds. The topological polar surface area (TPSA) is 104 Å². The van der Waals surface area contributed by atoms with Gasteiger partial charge < -0.3 is 15.5 Å². The maximum atomic E-state index is 12.6. The number of carbonyl (C=O) groups is 3. The summed E-state index contributed by atoms with van der Waals surface area (Å²) < 4.78 is -0.701. The van der Waals surface area contributed by atoms with E-state index in [9.17, 15) is 24.6 Å². The summed E-state index contributed by atoms with van der Waals surface area (Å²) in [6.07, 6.45) is 12.6. The monoisotopic (exact) mass is 847 g/mol. The average Bonchev–Trinajstić information content (AvgIpc) is 3.02. The Balaban J connectivity index is 0.000000500. The number of unbranched alkanes of at least 4 members (excludes halogenated alkanes) is 2. The van der Waals surface area contributed by atoms with Crippen LogP contribution in [0.4, 0.5) is 0 Å². The first-order chi connectivity index (χ1) is 23.4.